The van der Waals surface area contributed by atoms with Crippen molar-refractivity contribution in [2.24, 2.45) is 0 Å². The Morgan fingerprint density at radius 1 is 1.43 bits per heavy atom. The third kappa shape index (κ3) is 3.14. The van der Waals surface area contributed by atoms with E-state index in [1.807, 2.05) is 13.0 Å². The first kappa shape index (κ1) is 11.2. The molecule has 0 fully saturated rings. The lowest BCUT2D eigenvalue weighted by atomic mass is 10.4. The first-order chi connectivity index (χ1) is 6.77. The molecule has 0 bridgehead atoms. The van der Waals surface area contributed by atoms with Gasteiger partial charge in [0.05, 0.1) is 0 Å². The molecule has 4 heteroatoms. The molecule has 0 atom stereocenters. The lowest BCUT2D eigenvalue weighted by molar-refractivity contribution is 0.775. The van der Waals surface area contributed by atoms with Gasteiger partial charge in [0, 0.05) is 25.2 Å². The highest BCUT2D eigenvalue weighted by Gasteiger charge is 2.05. The van der Waals surface area contributed by atoms with Gasteiger partial charge in [0.25, 0.3) is 0 Å². The van der Waals surface area contributed by atoms with E-state index in [-0.39, 0.29) is 0 Å². The molecule has 14 heavy (non-hydrogen) atoms. The van der Waals surface area contributed by atoms with Crippen LogP contribution in [0.2, 0.25) is 0 Å². The van der Waals surface area contributed by atoms with Crippen molar-refractivity contribution >= 4 is 17.4 Å². The zero-order valence-corrected chi connectivity index (χ0v) is 9.46. The Hall–Kier alpha value is -0.830. The molecular formula is C10H16ClN3. The summed E-state index contributed by atoms with van der Waals surface area (Å²) in [6.45, 7) is 5.87. The molecule has 1 heterocycles. The molecular weight excluding hydrogens is 198 g/mol. The number of rotatable bonds is 5. The highest BCUT2D eigenvalue weighted by atomic mass is 35.5. The Labute approximate surface area is 90.1 Å². The van der Waals surface area contributed by atoms with Gasteiger partial charge in [-0.2, -0.15) is 0 Å². The van der Waals surface area contributed by atoms with E-state index in [0.29, 0.717) is 5.88 Å². The van der Waals surface area contributed by atoms with Gasteiger partial charge in [-0.05, 0) is 19.4 Å². The summed E-state index contributed by atoms with van der Waals surface area (Å²) in [7, 11) is 0. The van der Waals surface area contributed by atoms with Gasteiger partial charge < -0.3 is 4.90 Å². The van der Waals surface area contributed by atoms with E-state index in [1.165, 1.54) is 0 Å². The standard InChI is InChI=1S/C10H16ClN3/c1-3-7-14(8-5-11)10-4-6-12-9(2)13-10/h4,6H,3,5,7-8H2,1-2H3. The lowest BCUT2D eigenvalue weighted by Gasteiger charge is -2.21. The average molecular weight is 214 g/mol. The maximum atomic E-state index is 5.74. The van der Waals surface area contributed by atoms with Gasteiger partial charge in [-0.15, -0.1) is 11.6 Å². The van der Waals surface area contributed by atoms with Gasteiger partial charge in [-0.1, -0.05) is 6.92 Å². The molecule has 78 valence electrons. The summed E-state index contributed by atoms with van der Waals surface area (Å²) < 4.78 is 0. The van der Waals surface area contributed by atoms with Crippen molar-refractivity contribution in [3.8, 4) is 0 Å². The van der Waals surface area contributed by atoms with Crippen molar-refractivity contribution in [3.63, 3.8) is 0 Å². The molecule has 0 radical (unpaired) electrons. The van der Waals surface area contributed by atoms with E-state index < -0.39 is 0 Å². The third-order valence-corrected chi connectivity index (χ3v) is 2.10. The predicted octanol–water partition coefficient (Wildman–Crippen LogP) is 2.24. The number of nitrogens with zero attached hydrogens (tertiary/aromatic N) is 3. The Morgan fingerprint density at radius 3 is 2.79 bits per heavy atom. The minimum atomic E-state index is 0.628. The van der Waals surface area contributed by atoms with Crippen LogP contribution in [0.3, 0.4) is 0 Å². The molecule has 0 aliphatic carbocycles. The summed E-state index contributed by atoms with van der Waals surface area (Å²) in [5.41, 5.74) is 0. The second-order valence-corrected chi connectivity index (χ2v) is 3.52. The number of hydrogen-bond donors (Lipinski definition) is 0. The molecule has 0 aromatic carbocycles. The third-order valence-electron chi connectivity index (χ3n) is 1.93. The SMILES string of the molecule is CCCN(CCCl)c1ccnc(C)n1. The summed E-state index contributed by atoms with van der Waals surface area (Å²) in [6, 6.07) is 1.93. The highest BCUT2D eigenvalue weighted by Crippen LogP contribution is 2.10. The van der Waals surface area contributed by atoms with Crippen molar-refractivity contribution in [2.75, 3.05) is 23.9 Å². The predicted molar refractivity (Wildman–Crippen MR) is 60.0 cm³/mol. The number of aryl methyl sites for hydroxylation is 1. The summed E-state index contributed by atoms with van der Waals surface area (Å²) in [4.78, 5) is 10.6. The van der Waals surface area contributed by atoms with Crippen LogP contribution in [0.25, 0.3) is 0 Å². The van der Waals surface area contributed by atoms with Crippen molar-refractivity contribution in [3.05, 3.63) is 18.1 Å². The highest BCUT2D eigenvalue weighted by molar-refractivity contribution is 6.18. The topological polar surface area (TPSA) is 29.0 Å². The summed E-state index contributed by atoms with van der Waals surface area (Å²) in [6.07, 6.45) is 2.88. The molecule has 1 aromatic heterocycles. The number of alkyl halides is 1. The van der Waals surface area contributed by atoms with Crippen LogP contribution in [-0.4, -0.2) is 28.9 Å². The van der Waals surface area contributed by atoms with Crippen LogP contribution in [0.5, 0.6) is 0 Å². The molecule has 0 amide bonds. The summed E-state index contributed by atoms with van der Waals surface area (Å²) in [5.74, 6) is 2.40. The average Bonchev–Trinajstić information content (AvgIpc) is 2.17. The molecule has 0 spiro atoms. The van der Waals surface area contributed by atoms with Crippen LogP contribution in [0.1, 0.15) is 19.2 Å². The van der Waals surface area contributed by atoms with E-state index in [2.05, 4.69) is 21.8 Å². The normalized spacial score (nSPS) is 10.2. The van der Waals surface area contributed by atoms with Crippen LogP contribution in [-0.2, 0) is 0 Å². The minimum Gasteiger partial charge on any atom is -0.355 e. The number of anilines is 1. The minimum absolute atomic E-state index is 0.628. The van der Waals surface area contributed by atoms with Crippen LogP contribution in [0.4, 0.5) is 5.82 Å². The van der Waals surface area contributed by atoms with Gasteiger partial charge >= 0.3 is 0 Å². The number of halogens is 1. The Bertz CT molecular complexity index is 272. The van der Waals surface area contributed by atoms with E-state index in [0.717, 1.165) is 31.2 Å². The maximum absolute atomic E-state index is 5.74. The molecule has 0 N–H and O–H groups in total. The van der Waals surface area contributed by atoms with Crippen LogP contribution < -0.4 is 4.90 Å². The fourth-order valence-corrected chi connectivity index (χ4v) is 1.54. The number of aromatic nitrogens is 2. The Morgan fingerprint density at radius 2 is 2.21 bits per heavy atom. The molecule has 1 rings (SSSR count). The van der Waals surface area contributed by atoms with Crippen LogP contribution in [0.15, 0.2) is 12.3 Å². The second-order valence-electron chi connectivity index (χ2n) is 3.14. The van der Waals surface area contributed by atoms with Crippen LogP contribution >= 0.6 is 11.6 Å². The van der Waals surface area contributed by atoms with Gasteiger partial charge in [0.15, 0.2) is 0 Å². The van der Waals surface area contributed by atoms with E-state index in [1.54, 1.807) is 6.20 Å². The van der Waals surface area contributed by atoms with E-state index >= 15 is 0 Å². The summed E-state index contributed by atoms with van der Waals surface area (Å²) in [5, 5.41) is 0. The van der Waals surface area contributed by atoms with Crippen molar-refractivity contribution in [1.29, 1.82) is 0 Å². The fourth-order valence-electron chi connectivity index (χ4n) is 1.33. The van der Waals surface area contributed by atoms with Gasteiger partial charge in [0.2, 0.25) is 0 Å². The van der Waals surface area contributed by atoms with Gasteiger partial charge in [-0.3, -0.25) is 0 Å². The van der Waals surface area contributed by atoms with Crippen LogP contribution in [0, 0.1) is 6.92 Å². The van der Waals surface area contributed by atoms with Crippen molar-refractivity contribution in [2.45, 2.75) is 20.3 Å². The first-order valence-corrected chi connectivity index (χ1v) is 5.42. The molecule has 0 aliphatic heterocycles. The molecule has 1 aromatic rings. The summed E-state index contributed by atoms with van der Waals surface area (Å²) >= 11 is 5.74. The fraction of sp³-hybridized carbons (Fsp3) is 0.600. The van der Waals surface area contributed by atoms with Gasteiger partial charge in [-0.25, -0.2) is 9.97 Å². The van der Waals surface area contributed by atoms with E-state index in [9.17, 15) is 0 Å². The molecule has 0 aliphatic rings. The second kappa shape index (κ2) is 5.81. The molecule has 0 saturated carbocycles. The zero-order chi connectivity index (χ0) is 10.4. The molecule has 0 unspecified atom stereocenters. The largest absolute Gasteiger partial charge is 0.355 e. The monoisotopic (exact) mass is 213 g/mol. The smallest absolute Gasteiger partial charge is 0.132 e. The number of hydrogen-bond acceptors (Lipinski definition) is 3. The zero-order valence-electron chi connectivity index (χ0n) is 8.70. The van der Waals surface area contributed by atoms with Gasteiger partial charge in [0.1, 0.15) is 11.6 Å². The maximum Gasteiger partial charge on any atom is 0.132 e. The lowest BCUT2D eigenvalue weighted by Crippen LogP contribution is -2.27. The molecule has 3 nitrogen and oxygen atoms in total. The van der Waals surface area contributed by atoms with E-state index in [4.69, 9.17) is 11.6 Å². The van der Waals surface area contributed by atoms with Crippen molar-refractivity contribution < 1.29 is 0 Å². The quantitative estimate of drug-likeness (QED) is 0.703. The Kier molecular flexibility index (Phi) is 4.66. The Balaban J connectivity index is 2.75. The van der Waals surface area contributed by atoms with Crippen molar-refractivity contribution in [1.82, 2.24) is 9.97 Å². The first-order valence-electron chi connectivity index (χ1n) is 4.88. The molecule has 0 saturated heterocycles.